The molecule has 0 fully saturated rings. The average molecular weight is 299 g/mol. The summed E-state index contributed by atoms with van der Waals surface area (Å²) in [5.41, 5.74) is 2.58. The Bertz CT molecular complexity index is 780. The number of hydrogen-bond donors (Lipinski definition) is 2. The molecule has 1 amide bonds. The van der Waals surface area contributed by atoms with E-state index in [-0.39, 0.29) is 11.9 Å². The van der Waals surface area contributed by atoms with Crippen LogP contribution in [0.3, 0.4) is 0 Å². The molecule has 106 valence electrons. The molecule has 0 aliphatic heterocycles. The third-order valence-electron chi connectivity index (χ3n) is 3.54. The number of halogens is 1. The third-order valence-corrected chi connectivity index (χ3v) is 3.77. The number of amides is 1. The lowest BCUT2D eigenvalue weighted by Crippen LogP contribution is -2.26. The number of aromatic amines is 1. The highest BCUT2D eigenvalue weighted by molar-refractivity contribution is 6.31. The summed E-state index contributed by atoms with van der Waals surface area (Å²) in [4.78, 5) is 15.5. The predicted octanol–water partition coefficient (Wildman–Crippen LogP) is 4.31. The van der Waals surface area contributed by atoms with E-state index in [0.29, 0.717) is 10.6 Å². The molecule has 0 bridgehead atoms. The van der Waals surface area contributed by atoms with Crippen molar-refractivity contribution in [2.45, 2.75) is 13.0 Å². The van der Waals surface area contributed by atoms with Gasteiger partial charge in [-0.15, -0.1) is 0 Å². The normalized spacial score (nSPS) is 12.3. The van der Waals surface area contributed by atoms with Crippen molar-refractivity contribution in [1.29, 1.82) is 0 Å². The summed E-state index contributed by atoms with van der Waals surface area (Å²) in [6.45, 7) is 1.97. The molecule has 1 atom stereocenters. The van der Waals surface area contributed by atoms with E-state index >= 15 is 0 Å². The molecular weight excluding hydrogens is 284 g/mol. The van der Waals surface area contributed by atoms with Crippen LogP contribution in [-0.4, -0.2) is 10.9 Å². The van der Waals surface area contributed by atoms with Crippen molar-refractivity contribution >= 4 is 28.4 Å². The number of fused-ring (bicyclic) bond motifs is 1. The van der Waals surface area contributed by atoms with Gasteiger partial charge in [-0.05, 0) is 30.7 Å². The van der Waals surface area contributed by atoms with E-state index in [1.165, 1.54) is 0 Å². The van der Waals surface area contributed by atoms with E-state index in [9.17, 15) is 4.79 Å². The van der Waals surface area contributed by atoms with Crippen molar-refractivity contribution in [3.63, 3.8) is 0 Å². The van der Waals surface area contributed by atoms with Gasteiger partial charge in [-0.1, -0.05) is 41.9 Å². The molecule has 3 aromatic rings. The molecule has 1 heterocycles. The lowest BCUT2D eigenvalue weighted by molar-refractivity contribution is 0.0941. The zero-order chi connectivity index (χ0) is 14.8. The topological polar surface area (TPSA) is 44.9 Å². The summed E-state index contributed by atoms with van der Waals surface area (Å²) >= 11 is 6.01. The van der Waals surface area contributed by atoms with Gasteiger partial charge in [-0.3, -0.25) is 4.79 Å². The largest absolute Gasteiger partial charge is 0.360 e. The smallest absolute Gasteiger partial charge is 0.253 e. The van der Waals surface area contributed by atoms with Gasteiger partial charge in [0.1, 0.15) is 0 Å². The van der Waals surface area contributed by atoms with Gasteiger partial charge in [-0.25, -0.2) is 0 Å². The Morgan fingerprint density at radius 1 is 1.19 bits per heavy atom. The molecule has 21 heavy (non-hydrogen) atoms. The molecule has 3 rings (SSSR count). The van der Waals surface area contributed by atoms with Crippen LogP contribution in [0.2, 0.25) is 5.02 Å². The van der Waals surface area contributed by atoms with Crippen molar-refractivity contribution in [3.05, 3.63) is 70.9 Å². The van der Waals surface area contributed by atoms with Crippen LogP contribution in [0.1, 0.15) is 28.9 Å². The predicted molar refractivity (Wildman–Crippen MR) is 85.6 cm³/mol. The maximum absolute atomic E-state index is 12.4. The quantitative estimate of drug-likeness (QED) is 0.743. The fourth-order valence-electron chi connectivity index (χ4n) is 2.38. The second kappa shape index (κ2) is 5.62. The number of H-pyrrole nitrogens is 1. The van der Waals surface area contributed by atoms with Gasteiger partial charge in [0.15, 0.2) is 0 Å². The molecule has 0 saturated heterocycles. The van der Waals surface area contributed by atoms with Gasteiger partial charge in [0, 0.05) is 22.1 Å². The van der Waals surface area contributed by atoms with E-state index in [1.54, 1.807) is 18.3 Å². The van der Waals surface area contributed by atoms with Crippen LogP contribution < -0.4 is 5.32 Å². The molecule has 0 radical (unpaired) electrons. The Hall–Kier alpha value is -2.26. The fourth-order valence-corrected chi connectivity index (χ4v) is 2.55. The molecule has 0 aliphatic rings. The maximum Gasteiger partial charge on any atom is 0.253 e. The number of carbonyl (C=O) groups is 1. The van der Waals surface area contributed by atoms with E-state index in [1.807, 2.05) is 43.3 Å². The highest BCUT2D eigenvalue weighted by Crippen LogP contribution is 2.23. The number of rotatable bonds is 3. The van der Waals surface area contributed by atoms with Gasteiger partial charge in [0.2, 0.25) is 0 Å². The lowest BCUT2D eigenvalue weighted by Gasteiger charge is -2.13. The molecule has 2 aromatic carbocycles. The van der Waals surface area contributed by atoms with Gasteiger partial charge < -0.3 is 10.3 Å². The second-order valence-corrected chi connectivity index (χ2v) is 5.43. The standard InChI is InChI=1S/C17H15ClN2O/c1-11(12-5-3-2-4-6-12)20-17(21)15-10-19-16-8-7-13(18)9-14(15)16/h2-11,19H,1H3,(H,20,21). The van der Waals surface area contributed by atoms with E-state index in [2.05, 4.69) is 10.3 Å². The van der Waals surface area contributed by atoms with Gasteiger partial charge >= 0.3 is 0 Å². The molecular formula is C17H15ClN2O. The SMILES string of the molecule is CC(NC(=O)c1c[nH]c2ccc(Cl)cc12)c1ccccc1. The minimum atomic E-state index is -0.111. The number of hydrogen-bond acceptors (Lipinski definition) is 1. The Morgan fingerprint density at radius 2 is 1.95 bits per heavy atom. The maximum atomic E-state index is 12.4. The molecule has 4 heteroatoms. The second-order valence-electron chi connectivity index (χ2n) is 5.00. The average Bonchev–Trinajstić information content (AvgIpc) is 2.91. The Morgan fingerprint density at radius 3 is 2.71 bits per heavy atom. The summed E-state index contributed by atoms with van der Waals surface area (Å²) in [5, 5.41) is 4.46. The molecule has 1 aromatic heterocycles. The molecule has 3 nitrogen and oxygen atoms in total. The molecule has 1 unspecified atom stereocenters. The summed E-state index contributed by atoms with van der Waals surface area (Å²) < 4.78 is 0. The van der Waals surface area contributed by atoms with Crippen LogP contribution in [0.25, 0.3) is 10.9 Å². The van der Waals surface area contributed by atoms with Crippen LogP contribution in [0.5, 0.6) is 0 Å². The number of aromatic nitrogens is 1. The van der Waals surface area contributed by atoms with Crippen molar-refractivity contribution in [3.8, 4) is 0 Å². The van der Waals surface area contributed by atoms with E-state index < -0.39 is 0 Å². The third kappa shape index (κ3) is 2.78. The highest BCUT2D eigenvalue weighted by atomic mass is 35.5. The van der Waals surface area contributed by atoms with Crippen molar-refractivity contribution < 1.29 is 4.79 Å². The first-order chi connectivity index (χ1) is 10.1. The first kappa shape index (κ1) is 13.7. The van der Waals surface area contributed by atoms with Crippen molar-refractivity contribution in [2.24, 2.45) is 0 Å². The van der Waals surface area contributed by atoms with Crippen molar-refractivity contribution in [1.82, 2.24) is 10.3 Å². The first-order valence-corrected chi connectivity index (χ1v) is 7.15. The molecule has 0 spiro atoms. The van der Waals surface area contributed by atoms with Crippen LogP contribution in [-0.2, 0) is 0 Å². The Balaban J connectivity index is 1.86. The van der Waals surface area contributed by atoms with Gasteiger partial charge in [0.25, 0.3) is 5.91 Å². The van der Waals surface area contributed by atoms with Crippen LogP contribution in [0.15, 0.2) is 54.7 Å². The zero-order valence-electron chi connectivity index (χ0n) is 11.6. The highest BCUT2D eigenvalue weighted by Gasteiger charge is 2.15. The van der Waals surface area contributed by atoms with Gasteiger partial charge in [0.05, 0.1) is 11.6 Å². The number of nitrogens with one attached hydrogen (secondary N) is 2. The minimum Gasteiger partial charge on any atom is -0.360 e. The minimum absolute atomic E-state index is 0.0529. The molecule has 2 N–H and O–H groups in total. The van der Waals surface area contributed by atoms with Crippen LogP contribution >= 0.6 is 11.6 Å². The Kier molecular flexibility index (Phi) is 3.67. The van der Waals surface area contributed by atoms with Crippen LogP contribution in [0.4, 0.5) is 0 Å². The van der Waals surface area contributed by atoms with Gasteiger partial charge in [-0.2, -0.15) is 0 Å². The van der Waals surface area contributed by atoms with E-state index in [0.717, 1.165) is 16.5 Å². The molecule has 0 saturated carbocycles. The fraction of sp³-hybridized carbons (Fsp3) is 0.118. The van der Waals surface area contributed by atoms with Crippen molar-refractivity contribution in [2.75, 3.05) is 0 Å². The number of benzene rings is 2. The summed E-state index contributed by atoms with van der Waals surface area (Å²) in [6, 6.07) is 15.3. The zero-order valence-corrected chi connectivity index (χ0v) is 12.3. The molecule has 0 aliphatic carbocycles. The number of carbonyl (C=O) groups excluding carboxylic acids is 1. The Labute approximate surface area is 127 Å². The van der Waals surface area contributed by atoms with Crippen LogP contribution in [0, 0.1) is 0 Å². The lowest BCUT2D eigenvalue weighted by atomic mass is 10.1. The summed E-state index contributed by atoms with van der Waals surface area (Å²) in [7, 11) is 0. The monoisotopic (exact) mass is 298 g/mol. The summed E-state index contributed by atoms with van der Waals surface area (Å²) in [6.07, 6.45) is 1.72. The summed E-state index contributed by atoms with van der Waals surface area (Å²) in [5.74, 6) is -0.111. The first-order valence-electron chi connectivity index (χ1n) is 6.77. The van der Waals surface area contributed by atoms with E-state index in [4.69, 9.17) is 11.6 Å².